The van der Waals surface area contributed by atoms with Crippen LogP contribution < -0.4 is 16.0 Å². The highest BCUT2D eigenvalue weighted by molar-refractivity contribution is 14.0. The second-order valence-corrected chi connectivity index (χ2v) is 8.20. The van der Waals surface area contributed by atoms with Gasteiger partial charge in [0.25, 0.3) is 5.91 Å². The Kier molecular flexibility index (Phi) is 10.7. The van der Waals surface area contributed by atoms with Crippen LogP contribution in [0.1, 0.15) is 41.2 Å². The summed E-state index contributed by atoms with van der Waals surface area (Å²) in [6.45, 7) is 5.85. The third-order valence-electron chi connectivity index (χ3n) is 5.12. The molecule has 0 radical (unpaired) electrons. The predicted octanol–water partition coefficient (Wildman–Crippen LogP) is 3.33. The van der Waals surface area contributed by atoms with E-state index in [2.05, 4.69) is 52.3 Å². The van der Waals surface area contributed by atoms with Gasteiger partial charge in [0.2, 0.25) is 0 Å². The molecule has 166 valence electrons. The summed E-state index contributed by atoms with van der Waals surface area (Å²) in [7, 11) is 2.21. The first kappa shape index (κ1) is 24.7. The Labute approximate surface area is 199 Å². The van der Waals surface area contributed by atoms with Crippen LogP contribution in [-0.2, 0) is 0 Å². The standard InChI is InChI=1S/C21H31N5O2S.HI/c1-3-22-21(24-11-10-23-20(27)17-8-5-13-28-17)25-15-16-7-4-12-26(2)19(16)18-9-6-14-29-18;/h5-6,8-9,13-14,16,19H,3-4,7,10-12,15H2,1-2H3,(H,23,27)(H2,22,24,25);1H. The minimum Gasteiger partial charge on any atom is -0.459 e. The Balaban J connectivity index is 0.00000320. The van der Waals surface area contributed by atoms with Crippen LogP contribution >= 0.6 is 35.3 Å². The Morgan fingerprint density at radius 1 is 1.27 bits per heavy atom. The normalized spacial score (nSPS) is 19.7. The molecule has 1 aliphatic heterocycles. The quantitative estimate of drug-likeness (QED) is 0.205. The highest BCUT2D eigenvalue weighted by atomic mass is 127. The van der Waals surface area contributed by atoms with E-state index in [1.807, 2.05) is 11.3 Å². The molecule has 3 heterocycles. The van der Waals surface area contributed by atoms with Gasteiger partial charge < -0.3 is 20.4 Å². The van der Waals surface area contributed by atoms with Gasteiger partial charge in [-0.15, -0.1) is 35.3 Å². The lowest BCUT2D eigenvalue weighted by Crippen LogP contribution is -2.42. The number of carbonyl (C=O) groups excluding carboxylic acids is 1. The second-order valence-electron chi connectivity index (χ2n) is 7.22. The van der Waals surface area contributed by atoms with Crippen LogP contribution in [0.5, 0.6) is 0 Å². The Bertz CT molecular complexity index is 766. The minimum absolute atomic E-state index is 0. The lowest BCUT2D eigenvalue weighted by molar-refractivity contribution is 0.0926. The molecule has 0 aliphatic carbocycles. The molecule has 7 nitrogen and oxygen atoms in total. The van der Waals surface area contributed by atoms with Crippen LogP contribution in [-0.4, -0.2) is 56.5 Å². The predicted molar refractivity (Wildman–Crippen MR) is 133 cm³/mol. The molecule has 2 unspecified atom stereocenters. The van der Waals surface area contributed by atoms with E-state index in [1.54, 1.807) is 12.1 Å². The van der Waals surface area contributed by atoms with Crippen LogP contribution in [0.4, 0.5) is 0 Å². The first-order valence-corrected chi connectivity index (χ1v) is 11.1. The third-order valence-corrected chi connectivity index (χ3v) is 6.06. The summed E-state index contributed by atoms with van der Waals surface area (Å²) in [6.07, 6.45) is 3.89. The zero-order valence-corrected chi connectivity index (χ0v) is 20.7. The van der Waals surface area contributed by atoms with Crippen LogP contribution in [0, 0.1) is 5.92 Å². The molecule has 1 saturated heterocycles. The van der Waals surface area contributed by atoms with Crippen molar-refractivity contribution in [2.45, 2.75) is 25.8 Å². The Morgan fingerprint density at radius 2 is 2.10 bits per heavy atom. The molecule has 0 aromatic carbocycles. The fourth-order valence-corrected chi connectivity index (χ4v) is 4.75. The molecule has 0 spiro atoms. The highest BCUT2D eigenvalue weighted by Gasteiger charge is 2.31. The largest absolute Gasteiger partial charge is 0.459 e. The van der Waals surface area contributed by atoms with E-state index < -0.39 is 0 Å². The van der Waals surface area contributed by atoms with Gasteiger partial charge in [-0.2, -0.15) is 0 Å². The number of rotatable bonds is 8. The van der Waals surface area contributed by atoms with Crippen LogP contribution in [0.3, 0.4) is 0 Å². The van der Waals surface area contributed by atoms with Crippen LogP contribution in [0.15, 0.2) is 45.3 Å². The molecule has 1 fully saturated rings. The maximum atomic E-state index is 11.9. The number of hydrogen-bond donors (Lipinski definition) is 3. The summed E-state index contributed by atoms with van der Waals surface area (Å²) >= 11 is 1.83. The number of furan rings is 1. The summed E-state index contributed by atoms with van der Waals surface area (Å²) in [5, 5.41) is 11.6. The number of nitrogens with zero attached hydrogens (tertiary/aromatic N) is 2. The number of thiophene rings is 1. The molecule has 2 aromatic rings. The van der Waals surface area contributed by atoms with E-state index in [0.29, 0.717) is 30.8 Å². The maximum Gasteiger partial charge on any atom is 0.287 e. The van der Waals surface area contributed by atoms with Gasteiger partial charge in [-0.25, -0.2) is 0 Å². The summed E-state index contributed by atoms with van der Waals surface area (Å²) in [6, 6.07) is 8.15. The van der Waals surface area contributed by atoms with Gasteiger partial charge in [0.05, 0.1) is 6.26 Å². The van der Waals surface area contributed by atoms with E-state index in [1.165, 1.54) is 24.0 Å². The van der Waals surface area contributed by atoms with Crippen molar-refractivity contribution in [3.05, 3.63) is 46.5 Å². The fourth-order valence-electron chi connectivity index (χ4n) is 3.76. The number of hydrogen-bond acceptors (Lipinski definition) is 5. The monoisotopic (exact) mass is 545 g/mol. The van der Waals surface area contributed by atoms with Crippen molar-refractivity contribution < 1.29 is 9.21 Å². The number of likely N-dealkylation sites (tertiary alicyclic amines) is 1. The topological polar surface area (TPSA) is 81.9 Å². The molecular formula is C21H32IN5O2S. The van der Waals surface area contributed by atoms with Crippen molar-refractivity contribution in [2.75, 3.05) is 39.8 Å². The average Bonchev–Trinajstić information content (AvgIpc) is 3.43. The molecule has 1 amide bonds. The second kappa shape index (κ2) is 13.0. The molecule has 1 aliphatic rings. The number of aliphatic imine (C=N–C) groups is 1. The smallest absolute Gasteiger partial charge is 0.287 e. The number of guanidine groups is 1. The van der Waals surface area contributed by atoms with Gasteiger partial charge in [0.15, 0.2) is 11.7 Å². The molecule has 2 atom stereocenters. The van der Waals surface area contributed by atoms with Crippen molar-refractivity contribution in [3.63, 3.8) is 0 Å². The maximum absolute atomic E-state index is 11.9. The van der Waals surface area contributed by atoms with Crippen LogP contribution in [0.25, 0.3) is 0 Å². The van der Waals surface area contributed by atoms with Crippen LogP contribution in [0.2, 0.25) is 0 Å². The lowest BCUT2D eigenvalue weighted by Gasteiger charge is -2.38. The summed E-state index contributed by atoms with van der Waals surface area (Å²) in [5.41, 5.74) is 0. The summed E-state index contributed by atoms with van der Waals surface area (Å²) in [4.78, 5) is 20.6. The first-order chi connectivity index (χ1) is 14.2. The lowest BCUT2D eigenvalue weighted by atomic mass is 9.88. The van der Waals surface area contributed by atoms with Crippen molar-refractivity contribution in [1.29, 1.82) is 0 Å². The molecular weight excluding hydrogens is 513 g/mol. The SMILES string of the molecule is CCNC(=NCC1CCCN(C)C1c1cccs1)NCCNC(=O)c1ccco1.I. The molecule has 3 rings (SSSR count). The van der Waals surface area contributed by atoms with Crippen molar-refractivity contribution >= 4 is 47.2 Å². The van der Waals surface area contributed by atoms with Crippen molar-refractivity contribution in [1.82, 2.24) is 20.9 Å². The van der Waals surface area contributed by atoms with E-state index in [4.69, 9.17) is 9.41 Å². The van der Waals surface area contributed by atoms with Crippen molar-refractivity contribution in [3.8, 4) is 0 Å². The molecule has 3 N–H and O–H groups in total. The highest BCUT2D eigenvalue weighted by Crippen LogP contribution is 2.37. The Hall–Kier alpha value is -1.59. The molecule has 0 bridgehead atoms. The zero-order valence-electron chi connectivity index (χ0n) is 17.6. The first-order valence-electron chi connectivity index (χ1n) is 10.3. The molecule has 2 aromatic heterocycles. The van der Waals surface area contributed by atoms with E-state index in [9.17, 15) is 4.79 Å². The number of nitrogens with one attached hydrogen (secondary N) is 3. The van der Waals surface area contributed by atoms with Gasteiger partial charge in [0, 0.05) is 37.1 Å². The summed E-state index contributed by atoms with van der Waals surface area (Å²) < 4.78 is 5.10. The number of carbonyl (C=O) groups is 1. The molecule has 9 heteroatoms. The number of amides is 1. The summed E-state index contributed by atoms with van der Waals surface area (Å²) in [5.74, 6) is 1.41. The van der Waals surface area contributed by atoms with E-state index >= 15 is 0 Å². The molecule has 30 heavy (non-hydrogen) atoms. The van der Waals surface area contributed by atoms with E-state index in [0.717, 1.165) is 25.6 Å². The number of halogens is 1. The minimum atomic E-state index is -0.206. The third kappa shape index (κ3) is 6.98. The average molecular weight is 545 g/mol. The van der Waals surface area contributed by atoms with Gasteiger partial charge in [-0.05, 0) is 62.9 Å². The number of piperidine rings is 1. The van der Waals surface area contributed by atoms with Gasteiger partial charge in [-0.3, -0.25) is 14.7 Å². The Morgan fingerprint density at radius 3 is 2.80 bits per heavy atom. The van der Waals surface area contributed by atoms with Gasteiger partial charge >= 0.3 is 0 Å². The van der Waals surface area contributed by atoms with E-state index in [-0.39, 0.29) is 29.9 Å². The van der Waals surface area contributed by atoms with Gasteiger partial charge in [-0.1, -0.05) is 6.07 Å². The van der Waals surface area contributed by atoms with Gasteiger partial charge in [0.1, 0.15) is 0 Å². The van der Waals surface area contributed by atoms with Crippen molar-refractivity contribution in [2.24, 2.45) is 10.9 Å². The molecule has 0 saturated carbocycles. The fraction of sp³-hybridized carbons (Fsp3) is 0.524. The zero-order chi connectivity index (χ0) is 20.5.